The van der Waals surface area contributed by atoms with Crippen LogP contribution in [0.25, 0.3) is 22.3 Å². The molecule has 0 atom stereocenters. The summed E-state index contributed by atoms with van der Waals surface area (Å²) >= 11 is 0. The standard InChI is InChI=1S/C16H11NO2/c1-18-14-6-4-12(5-7-14)16-9-13-3-2-11(10-17)8-15(13)19-16/h2-9H,1H3. The van der Waals surface area contributed by atoms with Crippen LogP contribution in [0.3, 0.4) is 0 Å². The molecular formula is C16H11NO2. The summed E-state index contributed by atoms with van der Waals surface area (Å²) in [6, 6.07) is 17.2. The van der Waals surface area contributed by atoms with Crippen LogP contribution in [0.4, 0.5) is 0 Å². The molecule has 1 aromatic heterocycles. The van der Waals surface area contributed by atoms with Gasteiger partial charge in [-0.3, -0.25) is 0 Å². The summed E-state index contributed by atoms with van der Waals surface area (Å²) in [5.41, 5.74) is 2.31. The first-order chi connectivity index (χ1) is 9.30. The van der Waals surface area contributed by atoms with Crippen molar-refractivity contribution in [3.8, 4) is 23.1 Å². The number of benzene rings is 2. The van der Waals surface area contributed by atoms with E-state index in [1.54, 1.807) is 19.2 Å². The molecule has 3 aromatic rings. The third kappa shape index (κ3) is 2.04. The molecule has 0 aliphatic rings. The zero-order valence-electron chi connectivity index (χ0n) is 10.4. The molecule has 0 aliphatic heterocycles. The zero-order valence-corrected chi connectivity index (χ0v) is 10.4. The Bertz CT molecular complexity index is 764. The van der Waals surface area contributed by atoms with Gasteiger partial charge in [0.1, 0.15) is 17.1 Å². The minimum absolute atomic E-state index is 0.600. The van der Waals surface area contributed by atoms with Crippen LogP contribution < -0.4 is 4.74 Å². The Morgan fingerprint density at radius 3 is 2.53 bits per heavy atom. The highest BCUT2D eigenvalue weighted by atomic mass is 16.5. The molecule has 0 unspecified atom stereocenters. The fourth-order valence-electron chi connectivity index (χ4n) is 2.00. The second-order valence-corrected chi connectivity index (χ2v) is 4.20. The van der Waals surface area contributed by atoms with Gasteiger partial charge in [0.25, 0.3) is 0 Å². The Kier molecular flexibility index (Phi) is 2.70. The fraction of sp³-hybridized carbons (Fsp3) is 0.0625. The minimum Gasteiger partial charge on any atom is -0.497 e. The predicted molar refractivity (Wildman–Crippen MR) is 72.9 cm³/mol. The van der Waals surface area contributed by atoms with Gasteiger partial charge in [0, 0.05) is 10.9 Å². The molecule has 0 aliphatic carbocycles. The van der Waals surface area contributed by atoms with Crippen molar-refractivity contribution in [2.45, 2.75) is 0 Å². The second-order valence-electron chi connectivity index (χ2n) is 4.20. The van der Waals surface area contributed by atoms with Gasteiger partial charge in [-0.1, -0.05) is 0 Å². The number of rotatable bonds is 2. The quantitative estimate of drug-likeness (QED) is 0.690. The molecule has 0 fully saturated rings. The third-order valence-corrected chi connectivity index (χ3v) is 3.02. The number of furan rings is 1. The van der Waals surface area contributed by atoms with Crippen molar-refractivity contribution >= 4 is 11.0 Å². The number of fused-ring (bicyclic) bond motifs is 1. The van der Waals surface area contributed by atoms with E-state index in [0.717, 1.165) is 28.0 Å². The Balaban J connectivity index is 2.07. The average Bonchev–Trinajstić information content (AvgIpc) is 2.90. The van der Waals surface area contributed by atoms with Crippen LogP contribution in [0.1, 0.15) is 5.56 Å². The van der Waals surface area contributed by atoms with Crippen molar-refractivity contribution in [1.29, 1.82) is 5.26 Å². The molecule has 3 rings (SSSR count). The fourth-order valence-corrected chi connectivity index (χ4v) is 2.00. The third-order valence-electron chi connectivity index (χ3n) is 3.02. The van der Waals surface area contributed by atoms with Crippen LogP contribution in [0.5, 0.6) is 5.75 Å². The Labute approximate surface area is 110 Å². The van der Waals surface area contributed by atoms with Gasteiger partial charge >= 0.3 is 0 Å². The van der Waals surface area contributed by atoms with Gasteiger partial charge in [0.15, 0.2) is 0 Å². The van der Waals surface area contributed by atoms with E-state index < -0.39 is 0 Å². The largest absolute Gasteiger partial charge is 0.497 e. The molecule has 3 nitrogen and oxygen atoms in total. The summed E-state index contributed by atoms with van der Waals surface area (Å²) in [6.07, 6.45) is 0. The lowest BCUT2D eigenvalue weighted by Gasteiger charge is -2.00. The summed E-state index contributed by atoms with van der Waals surface area (Å²) in [6.45, 7) is 0. The summed E-state index contributed by atoms with van der Waals surface area (Å²) in [7, 11) is 1.64. The van der Waals surface area contributed by atoms with E-state index in [0.29, 0.717) is 5.56 Å². The summed E-state index contributed by atoms with van der Waals surface area (Å²) in [5.74, 6) is 1.60. The van der Waals surface area contributed by atoms with Crippen molar-refractivity contribution in [2.24, 2.45) is 0 Å². The molecule has 92 valence electrons. The Morgan fingerprint density at radius 2 is 1.84 bits per heavy atom. The summed E-state index contributed by atoms with van der Waals surface area (Å²) in [4.78, 5) is 0. The highest BCUT2D eigenvalue weighted by Crippen LogP contribution is 2.29. The van der Waals surface area contributed by atoms with Gasteiger partial charge in [-0.2, -0.15) is 5.26 Å². The van der Waals surface area contributed by atoms with Crippen molar-refractivity contribution in [2.75, 3.05) is 7.11 Å². The first-order valence-corrected chi connectivity index (χ1v) is 5.88. The molecule has 0 saturated carbocycles. The molecule has 0 saturated heterocycles. The minimum atomic E-state index is 0.600. The maximum atomic E-state index is 8.87. The normalized spacial score (nSPS) is 10.3. The van der Waals surface area contributed by atoms with Crippen molar-refractivity contribution in [3.05, 3.63) is 54.1 Å². The van der Waals surface area contributed by atoms with E-state index in [9.17, 15) is 0 Å². The Morgan fingerprint density at radius 1 is 1.05 bits per heavy atom. The van der Waals surface area contributed by atoms with Crippen LogP contribution >= 0.6 is 0 Å². The van der Waals surface area contributed by atoms with Gasteiger partial charge in [-0.05, 0) is 48.5 Å². The van der Waals surface area contributed by atoms with E-state index in [2.05, 4.69) is 6.07 Å². The monoisotopic (exact) mass is 249 g/mol. The molecule has 0 N–H and O–H groups in total. The van der Waals surface area contributed by atoms with Crippen molar-refractivity contribution in [3.63, 3.8) is 0 Å². The lowest BCUT2D eigenvalue weighted by Crippen LogP contribution is -1.81. The van der Waals surface area contributed by atoms with Crippen LogP contribution in [-0.4, -0.2) is 7.11 Å². The number of methoxy groups -OCH3 is 1. The summed E-state index contributed by atoms with van der Waals surface area (Å²) < 4.78 is 10.9. The van der Waals surface area contributed by atoms with E-state index >= 15 is 0 Å². The molecule has 0 amide bonds. The first kappa shape index (κ1) is 11.4. The number of nitriles is 1. The highest BCUT2D eigenvalue weighted by Gasteiger charge is 2.07. The summed E-state index contributed by atoms with van der Waals surface area (Å²) in [5, 5.41) is 9.86. The molecule has 1 heterocycles. The van der Waals surface area contributed by atoms with E-state index in [1.165, 1.54) is 0 Å². The molecule has 0 radical (unpaired) electrons. The molecule has 3 heteroatoms. The van der Waals surface area contributed by atoms with Gasteiger partial charge in [0.05, 0.1) is 18.7 Å². The zero-order chi connectivity index (χ0) is 13.2. The van der Waals surface area contributed by atoms with Gasteiger partial charge in [-0.25, -0.2) is 0 Å². The van der Waals surface area contributed by atoms with Gasteiger partial charge < -0.3 is 9.15 Å². The maximum Gasteiger partial charge on any atom is 0.136 e. The topological polar surface area (TPSA) is 46.2 Å². The SMILES string of the molecule is COc1ccc(-c2cc3ccc(C#N)cc3o2)cc1. The first-order valence-electron chi connectivity index (χ1n) is 5.88. The number of hydrogen-bond donors (Lipinski definition) is 0. The van der Waals surface area contributed by atoms with E-state index in [-0.39, 0.29) is 0 Å². The van der Waals surface area contributed by atoms with Crippen molar-refractivity contribution in [1.82, 2.24) is 0 Å². The maximum absolute atomic E-state index is 8.87. The highest BCUT2D eigenvalue weighted by molar-refractivity contribution is 5.83. The van der Waals surface area contributed by atoms with Crippen molar-refractivity contribution < 1.29 is 9.15 Å². The molecule has 0 spiro atoms. The molecule has 0 bridgehead atoms. The van der Waals surface area contributed by atoms with E-state index in [4.69, 9.17) is 14.4 Å². The lowest BCUT2D eigenvalue weighted by atomic mass is 10.1. The average molecular weight is 249 g/mol. The lowest BCUT2D eigenvalue weighted by molar-refractivity contribution is 0.415. The smallest absolute Gasteiger partial charge is 0.136 e. The molecule has 2 aromatic carbocycles. The van der Waals surface area contributed by atoms with E-state index in [1.807, 2.05) is 36.4 Å². The van der Waals surface area contributed by atoms with Crippen LogP contribution in [-0.2, 0) is 0 Å². The number of ether oxygens (including phenoxy) is 1. The Hall–Kier alpha value is -2.73. The molecule has 19 heavy (non-hydrogen) atoms. The molecular weight excluding hydrogens is 238 g/mol. The van der Waals surface area contributed by atoms with Gasteiger partial charge in [-0.15, -0.1) is 0 Å². The number of hydrogen-bond acceptors (Lipinski definition) is 3. The van der Waals surface area contributed by atoms with Crippen LogP contribution in [0, 0.1) is 11.3 Å². The number of nitrogens with zero attached hydrogens (tertiary/aromatic N) is 1. The predicted octanol–water partition coefficient (Wildman–Crippen LogP) is 3.98. The second kappa shape index (κ2) is 4.51. The van der Waals surface area contributed by atoms with Crippen LogP contribution in [0.2, 0.25) is 0 Å². The van der Waals surface area contributed by atoms with Crippen LogP contribution in [0.15, 0.2) is 52.9 Å². The van der Waals surface area contributed by atoms with Gasteiger partial charge in [0.2, 0.25) is 0 Å².